The molecule has 0 bridgehead atoms. The van der Waals surface area contributed by atoms with Crippen molar-refractivity contribution in [3.63, 3.8) is 0 Å². The lowest BCUT2D eigenvalue weighted by atomic mass is 10.0. The van der Waals surface area contributed by atoms with E-state index in [1.807, 2.05) is 19.1 Å². The summed E-state index contributed by atoms with van der Waals surface area (Å²) in [7, 11) is 0. The summed E-state index contributed by atoms with van der Waals surface area (Å²) in [6.45, 7) is 5.93. The summed E-state index contributed by atoms with van der Waals surface area (Å²) in [5, 5.41) is 3.43. The average Bonchev–Trinajstić information content (AvgIpc) is 2.68. The highest BCUT2D eigenvalue weighted by molar-refractivity contribution is 5.62. The van der Waals surface area contributed by atoms with Crippen LogP contribution in [0.1, 0.15) is 25.3 Å². The molecular formula is C13H20N2O. The number of nitrogen functional groups attached to an aromatic ring is 1. The maximum atomic E-state index is 5.87. The monoisotopic (exact) mass is 220 g/mol. The van der Waals surface area contributed by atoms with Crippen molar-refractivity contribution in [2.45, 2.75) is 32.3 Å². The summed E-state index contributed by atoms with van der Waals surface area (Å²) >= 11 is 0. The minimum atomic E-state index is -0.0168. The maximum Gasteiger partial charge on any atom is 0.0826 e. The van der Waals surface area contributed by atoms with Crippen LogP contribution < -0.4 is 11.1 Å². The van der Waals surface area contributed by atoms with E-state index in [1.54, 1.807) is 0 Å². The van der Waals surface area contributed by atoms with E-state index in [2.05, 4.69) is 18.3 Å². The number of hydrogen-bond acceptors (Lipinski definition) is 3. The van der Waals surface area contributed by atoms with E-state index in [-0.39, 0.29) is 5.60 Å². The summed E-state index contributed by atoms with van der Waals surface area (Å²) < 4.78 is 5.74. The summed E-state index contributed by atoms with van der Waals surface area (Å²) in [6.07, 6.45) is 2.29. The van der Waals surface area contributed by atoms with Crippen molar-refractivity contribution in [3.8, 4) is 0 Å². The molecule has 16 heavy (non-hydrogen) atoms. The van der Waals surface area contributed by atoms with Gasteiger partial charge in [-0.25, -0.2) is 0 Å². The second-order valence-corrected chi connectivity index (χ2v) is 4.78. The highest BCUT2D eigenvalue weighted by Gasteiger charge is 2.29. The molecule has 1 atom stereocenters. The van der Waals surface area contributed by atoms with E-state index >= 15 is 0 Å². The van der Waals surface area contributed by atoms with Crippen LogP contribution in [0.2, 0.25) is 0 Å². The first-order valence-corrected chi connectivity index (χ1v) is 5.84. The van der Waals surface area contributed by atoms with Gasteiger partial charge < -0.3 is 15.8 Å². The zero-order valence-corrected chi connectivity index (χ0v) is 10.0. The number of hydrogen-bond donors (Lipinski definition) is 2. The topological polar surface area (TPSA) is 47.3 Å². The maximum absolute atomic E-state index is 5.87. The van der Waals surface area contributed by atoms with E-state index in [9.17, 15) is 0 Å². The largest absolute Gasteiger partial charge is 0.398 e. The van der Waals surface area contributed by atoms with Gasteiger partial charge in [0.25, 0.3) is 0 Å². The summed E-state index contributed by atoms with van der Waals surface area (Å²) in [6, 6.07) is 5.96. The quantitative estimate of drug-likeness (QED) is 0.770. The fourth-order valence-corrected chi connectivity index (χ4v) is 2.10. The molecule has 0 amide bonds. The van der Waals surface area contributed by atoms with Crippen LogP contribution in [-0.4, -0.2) is 18.8 Å². The normalized spacial score (nSPS) is 24.6. The molecule has 0 aromatic heterocycles. The molecule has 3 N–H and O–H groups in total. The molecule has 1 aromatic carbocycles. The Morgan fingerprint density at radius 3 is 3.00 bits per heavy atom. The Bertz CT molecular complexity index is 370. The molecule has 1 unspecified atom stereocenters. The van der Waals surface area contributed by atoms with Gasteiger partial charge in [-0.05, 0) is 44.4 Å². The molecular weight excluding hydrogens is 200 g/mol. The Balaban J connectivity index is 2.02. The highest BCUT2D eigenvalue weighted by Crippen LogP contribution is 2.27. The SMILES string of the molecule is Cc1c(N)cccc1NCC1(C)CCCO1. The van der Waals surface area contributed by atoms with Crippen LogP contribution in [0.3, 0.4) is 0 Å². The van der Waals surface area contributed by atoms with Crippen molar-refractivity contribution in [2.75, 3.05) is 24.2 Å². The van der Waals surface area contributed by atoms with E-state index in [0.717, 1.165) is 42.9 Å². The third-order valence-corrected chi connectivity index (χ3v) is 3.33. The Kier molecular flexibility index (Phi) is 3.06. The van der Waals surface area contributed by atoms with Gasteiger partial charge in [0.05, 0.1) is 5.60 Å². The minimum Gasteiger partial charge on any atom is -0.398 e. The molecule has 0 spiro atoms. The van der Waals surface area contributed by atoms with Gasteiger partial charge in [-0.2, -0.15) is 0 Å². The number of ether oxygens (including phenoxy) is 1. The van der Waals surface area contributed by atoms with Gasteiger partial charge in [0.2, 0.25) is 0 Å². The third kappa shape index (κ3) is 2.30. The molecule has 0 aliphatic carbocycles. The Morgan fingerprint density at radius 2 is 2.31 bits per heavy atom. The smallest absolute Gasteiger partial charge is 0.0826 e. The first-order valence-electron chi connectivity index (χ1n) is 5.84. The molecule has 1 fully saturated rings. The van der Waals surface area contributed by atoms with Crippen LogP contribution in [0.15, 0.2) is 18.2 Å². The molecule has 1 aliphatic heterocycles. The first-order chi connectivity index (χ1) is 7.61. The van der Waals surface area contributed by atoms with E-state index in [4.69, 9.17) is 10.5 Å². The van der Waals surface area contributed by atoms with Gasteiger partial charge in [0.1, 0.15) is 0 Å². The second kappa shape index (κ2) is 4.34. The van der Waals surface area contributed by atoms with Crippen molar-refractivity contribution in [2.24, 2.45) is 0 Å². The Hall–Kier alpha value is -1.22. The second-order valence-electron chi connectivity index (χ2n) is 4.78. The summed E-state index contributed by atoms with van der Waals surface area (Å²) in [4.78, 5) is 0. The predicted octanol–water partition coefficient (Wildman–Crippen LogP) is 2.56. The lowest BCUT2D eigenvalue weighted by molar-refractivity contribution is 0.0315. The molecule has 0 saturated carbocycles. The molecule has 1 aliphatic rings. The van der Waals surface area contributed by atoms with Crippen molar-refractivity contribution >= 4 is 11.4 Å². The molecule has 2 rings (SSSR count). The van der Waals surface area contributed by atoms with Crippen molar-refractivity contribution < 1.29 is 4.74 Å². The Labute approximate surface area is 97.0 Å². The summed E-state index contributed by atoms with van der Waals surface area (Å²) in [5.41, 5.74) is 8.91. The Morgan fingerprint density at radius 1 is 1.50 bits per heavy atom. The van der Waals surface area contributed by atoms with Crippen molar-refractivity contribution in [3.05, 3.63) is 23.8 Å². The van der Waals surface area contributed by atoms with Gasteiger partial charge in [-0.15, -0.1) is 0 Å². The van der Waals surface area contributed by atoms with E-state index in [1.165, 1.54) is 0 Å². The summed E-state index contributed by atoms with van der Waals surface area (Å²) in [5.74, 6) is 0. The first kappa shape index (κ1) is 11.3. The zero-order valence-electron chi connectivity index (χ0n) is 10.0. The van der Waals surface area contributed by atoms with Gasteiger partial charge in [0, 0.05) is 24.5 Å². The number of nitrogens with one attached hydrogen (secondary N) is 1. The number of rotatable bonds is 3. The highest BCUT2D eigenvalue weighted by atomic mass is 16.5. The van der Waals surface area contributed by atoms with Crippen molar-refractivity contribution in [1.82, 2.24) is 0 Å². The zero-order chi connectivity index (χ0) is 11.6. The fourth-order valence-electron chi connectivity index (χ4n) is 2.10. The van der Waals surface area contributed by atoms with Crippen LogP contribution in [0.5, 0.6) is 0 Å². The van der Waals surface area contributed by atoms with Crippen LogP contribution in [0.4, 0.5) is 11.4 Å². The van der Waals surface area contributed by atoms with Crippen LogP contribution in [-0.2, 0) is 4.74 Å². The van der Waals surface area contributed by atoms with Gasteiger partial charge in [0.15, 0.2) is 0 Å². The third-order valence-electron chi connectivity index (χ3n) is 3.33. The fraction of sp³-hybridized carbons (Fsp3) is 0.538. The molecule has 88 valence electrons. The van der Waals surface area contributed by atoms with Crippen molar-refractivity contribution in [1.29, 1.82) is 0 Å². The van der Waals surface area contributed by atoms with Crippen LogP contribution in [0, 0.1) is 6.92 Å². The standard InChI is InChI=1S/C13H20N2O/c1-10-11(14)5-3-6-12(10)15-9-13(2)7-4-8-16-13/h3,5-6,15H,4,7-9,14H2,1-2H3. The number of anilines is 2. The van der Waals surface area contributed by atoms with Crippen LogP contribution >= 0.6 is 0 Å². The van der Waals surface area contributed by atoms with Gasteiger partial charge in [-0.3, -0.25) is 0 Å². The average molecular weight is 220 g/mol. The molecule has 3 heteroatoms. The van der Waals surface area contributed by atoms with E-state index < -0.39 is 0 Å². The lowest BCUT2D eigenvalue weighted by Gasteiger charge is -2.24. The molecule has 1 saturated heterocycles. The molecule has 0 radical (unpaired) electrons. The molecule has 1 heterocycles. The van der Waals surface area contributed by atoms with Gasteiger partial charge >= 0.3 is 0 Å². The molecule has 1 aromatic rings. The van der Waals surface area contributed by atoms with Gasteiger partial charge in [-0.1, -0.05) is 6.07 Å². The molecule has 3 nitrogen and oxygen atoms in total. The lowest BCUT2D eigenvalue weighted by Crippen LogP contribution is -2.32. The minimum absolute atomic E-state index is 0.0168. The van der Waals surface area contributed by atoms with Crippen LogP contribution in [0.25, 0.3) is 0 Å². The number of benzene rings is 1. The van der Waals surface area contributed by atoms with E-state index in [0.29, 0.717) is 0 Å². The predicted molar refractivity (Wildman–Crippen MR) is 67.7 cm³/mol. The number of nitrogens with two attached hydrogens (primary N) is 1.